The van der Waals surface area contributed by atoms with Crippen molar-refractivity contribution in [3.8, 4) is 0 Å². The molecule has 88 valence electrons. The zero-order valence-corrected chi connectivity index (χ0v) is 12.5. The molecule has 3 nitrogen and oxygen atoms in total. The second-order valence-electron chi connectivity index (χ2n) is 2.71. The molecule has 1 rings (SSSR count). The van der Waals surface area contributed by atoms with E-state index in [1.807, 2.05) is 0 Å². The Hall–Kier alpha value is -0.0600. The predicted molar refractivity (Wildman–Crippen MR) is 70.6 cm³/mol. The summed E-state index contributed by atoms with van der Waals surface area (Å²) in [6.45, 7) is 1.89. The first kappa shape index (κ1) is 14.0. The Morgan fingerprint density at radius 3 is 2.62 bits per heavy atom. The summed E-state index contributed by atoms with van der Waals surface area (Å²) in [6, 6.07) is 1.31. The van der Waals surface area contributed by atoms with Gasteiger partial charge in [-0.15, -0.1) is 0 Å². The van der Waals surface area contributed by atoms with Gasteiger partial charge in [-0.1, -0.05) is 0 Å². The molecule has 7 heteroatoms. The number of nitrogens with zero attached hydrogens (tertiary/aromatic N) is 1. The molecule has 0 N–H and O–H groups in total. The van der Waals surface area contributed by atoms with E-state index in [1.54, 1.807) is 52.1 Å². The standard InChI is InChI=1S/C9H7F2I2NO2/c1-2-16-9(15)5-3-4(12)6(7(10)11)8(13)14-5/h3,7H,2H2,1H3. The molecule has 0 spiro atoms. The number of hydrogen-bond acceptors (Lipinski definition) is 3. The van der Waals surface area contributed by atoms with Gasteiger partial charge in [0.25, 0.3) is 6.43 Å². The number of rotatable bonds is 3. The lowest BCUT2D eigenvalue weighted by Crippen LogP contribution is -2.10. The van der Waals surface area contributed by atoms with Gasteiger partial charge < -0.3 is 4.74 Å². The molecule has 0 unspecified atom stereocenters. The zero-order valence-electron chi connectivity index (χ0n) is 8.14. The van der Waals surface area contributed by atoms with E-state index in [4.69, 9.17) is 4.74 Å². The van der Waals surface area contributed by atoms with Crippen molar-refractivity contribution in [3.63, 3.8) is 0 Å². The summed E-state index contributed by atoms with van der Waals surface area (Å²) in [4.78, 5) is 15.2. The molecule has 0 bridgehead atoms. The van der Waals surface area contributed by atoms with Crippen molar-refractivity contribution >= 4 is 51.2 Å². The van der Waals surface area contributed by atoms with E-state index in [-0.39, 0.29) is 21.6 Å². The molecule has 0 aliphatic heterocycles. The Balaban J connectivity index is 3.14. The van der Waals surface area contributed by atoms with Crippen LogP contribution in [0, 0.1) is 7.27 Å². The number of aromatic nitrogens is 1. The van der Waals surface area contributed by atoms with Crippen LogP contribution in [0.1, 0.15) is 29.4 Å². The molecule has 0 saturated heterocycles. The Labute approximate surface area is 118 Å². The minimum atomic E-state index is -2.59. The number of hydrogen-bond donors (Lipinski definition) is 0. The summed E-state index contributed by atoms with van der Waals surface area (Å²) in [6.07, 6.45) is -2.59. The lowest BCUT2D eigenvalue weighted by molar-refractivity contribution is 0.0518. The SMILES string of the molecule is CCOC(=O)c1cc(I)c(C(F)F)c(I)n1. The molecule has 0 amide bonds. The largest absolute Gasteiger partial charge is 0.461 e. The maximum absolute atomic E-state index is 12.6. The third-order valence-corrected chi connectivity index (χ3v) is 3.38. The molecular weight excluding hydrogens is 446 g/mol. The number of halogens is 4. The smallest absolute Gasteiger partial charge is 0.356 e. The summed E-state index contributed by atoms with van der Waals surface area (Å²) < 4.78 is 30.4. The minimum Gasteiger partial charge on any atom is -0.461 e. The van der Waals surface area contributed by atoms with Gasteiger partial charge in [-0.2, -0.15) is 0 Å². The monoisotopic (exact) mass is 453 g/mol. The normalized spacial score (nSPS) is 10.6. The van der Waals surface area contributed by atoms with Crippen LogP contribution < -0.4 is 0 Å². The molecule has 1 aromatic heterocycles. The van der Waals surface area contributed by atoms with E-state index < -0.39 is 12.4 Å². The second kappa shape index (κ2) is 6.03. The number of ether oxygens (including phenoxy) is 1. The van der Waals surface area contributed by atoms with Gasteiger partial charge in [-0.25, -0.2) is 18.6 Å². The highest BCUT2D eigenvalue weighted by atomic mass is 127. The summed E-state index contributed by atoms with van der Waals surface area (Å²) in [5, 5.41) is 0. The van der Waals surface area contributed by atoms with Crippen LogP contribution in [-0.2, 0) is 4.74 Å². The first-order valence-corrected chi connectivity index (χ1v) is 6.44. The Morgan fingerprint density at radius 2 is 2.19 bits per heavy atom. The quantitative estimate of drug-likeness (QED) is 0.401. The highest BCUT2D eigenvalue weighted by Gasteiger charge is 2.20. The average Bonchev–Trinajstić information content (AvgIpc) is 2.16. The highest BCUT2D eigenvalue weighted by Crippen LogP contribution is 2.28. The van der Waals surface area contributed by atoms with Gasteiger partial charge in [0.05, 0.1) is 12.2 Å². The second-order valence-corrected chi connectivity index (χ2v) is 4.90. The predicted octanol–water partition coefficient (Wildman–Crippen LogP) is 3.41. The van der Waals surface area contributed by atoms with Crippen LogP contribution in [0.5, 0.6) is 0 Å². The number of carbonyl (C=O) groups excluding carboxylic acids is 1. The number of carbonyl (C=O) groups is 1. The summed E-state index contributed by atoms with van der Waals surface area (Å²) in [5.74, 6) is -0.598. The maximum atomic E-state index is 12.6. The van der Waals surface area contributed by atoms with Crippen molar-refractivity contribution in [2.45, 2.75) is 13.3 Å². The lowest BCUT2D eigenvalue weighted by atomic mass is 10.2. The van der Waals surface area contributed by atoms with Gasteiger partial charge >= 0.3 is 5.97 Å². The van der Waals surface area contributed by atoms with Gasteiger partial charge in [0, 0.05) is 3.57 Å². The van der Waals surface area contributed by atoms with Crippen molar-refractivity contribution in [1.82, 2.24) is 4.98 Å². The number of alkyl halides is 2. The highest BCUT2D eigenvalue weighted by molar-refractivity contribution is 14.1. The molecule has 0 saturated carbocycles. The van der Waals surface area contributed by atoms with E-state index >= 15 is 0 Å². The average molecular weight is 453 g/mol. The molecule has 0 aliphatic carbocycles. The molecule has 0 aliphatic rings. The van der Waals surface area contributed by atoms with Crippen LogP contribution in [0.2, 0.25) is 0 Å². The zero-order chi connectivity index (χ0) is 12.3. The summed E-state index contributed by atoms with van der Waals surface area (Å²) in [5.41, 5.74) is -0.0886. The van der Waals surface area contributed by atoms with Crippen LogP contribution in [-0.4, -0.2) is 17.6 Å². The van der Waals surface area contributed by atoms with Crippen LogP contribution in [0.15, 0.2) is 6.07 Å². The van der Waals surface area contributed by atoms with Gasteiger partial charge in [-0.05, 0) is 58.2 Å². The molecule has 0 fully saturated rings. The van der Waals surface area contributed by atoms with Crippen molar-refractivity contribution in [1.29, 1.82) is 0 Å². The molecule has 0 aromatic carbocycles. The lowest BCUT2D eigenvalue weighted by Gasteiger charge is -2.08. The maximum Gasteiger partial charge on any atom is 0.356 e. The third kappa shape index (κ3) is 3.22. The van der Waals surface area contributed by atoms with Gasteiger partial charge in [0.1, 0.15) is 3.70 Å². The Morgan fingerprint density at radius 1 is 1.56 bits per heavy atom. The van der Waals surface area contributed by atoms with Gasteiger partial charge in [-0.3, -0.25) is 0 Å². The minimum absolute atomic E-state index is 0.0556. The molecule has 1 aromatic rings. The molecular formula is C9H7F2I2NO2. The number of pyridine rings is 1. The Kier molecular flexibility index (Phi) is 5.28. The summed E-state index contributed by atoms with van der Waals surface area (Å²) in [7, 11) is 0. The van der Waals surface area contributed by atoms with Crippen LogP contribution in [0.4, 0.5) is 8.78 Å². The van der Waals surface area contributed by atoms with Gasteiger partial charge in [0.2, 0.25) is 0 Å². The summed E-state index contributed by atoms with van der Waals surface area (Å²) >= 11 is 3.44. The molecule has 1 heterocycles. The fourth-order valence-corrected chi connectivity index (χ4v) is 3.09. The van der Waals surface area contributed by atoms with Crippen LogP contribution in [0.3, 0.4) is 0 Å². The molecule has 0 radical (unpaired) electrons. The van der Waals surface area contributed by atoms with Crippen molar-refractivity contribution in [3.05, 3.63) is 24.6 Å². The third-order valence-electron chi connectivity index (χ3n) is 1.66. The van der Waals surface area contributed by atoms with E-state index in [0.717, 1.165) is 0 Å². The fourth-order valence-electron chi connectivity index (χ4n) is 0.998. The topological polar surface area (TPSA) is 39.2 Å². The van der Waals surface area contributed by atoms with E-state index in [9.17, 15) is 13.6 Å². The van der Waals surface area contributed by atoms with E-state index in [2.05, 4.69) is 4.98 Å². The van der Waals surface area contributed by atoms with E-state index in [0.29, 0.717) is 3.57 Å². The molecule has 0 atom stereocenters. The first-order chi connectivity index (χ1) is 7.47. The van der Waals surface area contributed by atoms with Crippen LogP contribution in [0.25, 0.3) is 0 Å². The van der Waals surface area contributed by atoms with Crippen molar-refractivity contribution in [2.24, 2.45) is 0 Å². The van der Waals surface area contributed by atoms with Crippen LogP contribution >= 0.6 is 45.2 Å². The van der Waals surface area contributed by atoms with Gasteiger partial charge in [0.15, 0.2) is 5.69 Å². The van der Waals surface area contributed by atoms with E-state index in [1.165, 1.54) is 6.07 Å². The Bertz CT molecular complexity index is 389. The number of esters is 1. The fraction of sp³-hybridized carbons (Fsp3) is 0.333. The van der Waals surface area contributed by atoms with Crippen molar-refractivity contribution in [2.75, 3.05) is 6.61 Å². The molecule has 16 heavy (non-hydrogen) atoms. The first-order valence-electron chi connectivity index (χ1n) is 4.28. The van der Waals surface area contributed by atoms with Crippen molar-refractivity contribution < 1.29 is 18.3 Å².